The third-order valence-corrected chi connectivity index (χ3v) is 3.95. The number of nitrogens with zero attached hydrogens (tertiary/aromatic N) is 2. The summed E-state index contributed by atoms with van der Waals surface area (Å²) in [6.07, 6.45) is 1.39. The van der Waals surface area contributed by atoms with Gasteiger partial charge in [-0.15, -0.1) is 0 Å². The normalized spacial score (nSPS) is 16.0. The number of benzene rings is 1. The van der Waals surface area contributed by atoms with Gasteiger partial charge in [-0.25, -0.2) is 0 Å². The van der Waals surface area contributed by atoms with Crippen molar-refractivity contribution in [2.75, 3.05) is 48.7 Å². The lowest BCUT2D eigenvalue weighted by atomic mass is 10.2. The van der Waals surface area contributed by atoms with Gasteiger partial charge in [0.1, 0.15) is 0 Å². The highest BCUT2D eigenvalue weighted by Crippen LogP contribution is 2.27. The quantitative estimate of drug-likeness (QED) is 0.816. The molecule has 0 aromatic heterocycles. The van der Waals surface area contributed by atoms with Crippen molar-refractivity contribution in [3.05, 3.63) is 18.2 Å². The highest BCUT2D eigenvalue weighted by molar-refractivity contribution is 5.92. The Kier molecular flexibility index (Phi) is 5.44. The number of hydrogen-bond acceptors (Lipinski definition) is 4. The number of nitrogen functional groups attached to an aromatic ring is 1. The zero-order valence-corrected chi connectivity index (χ0v) is 13.1. The fourth-order valence-electron chi connectivity index (χ4n) is 2.68. The van der Waals surface area contributed by atoms with Crippen molar-refractivity contribution in [3.63, 3.8) is 0 Å². The minimum absolute atomic E-state index is 0.0428. The Hall–Kier alpha value is -1.75. The number of nitrogens with two attached hydrogens (primary N) is 1. The number of rotatable bonds is 5. The van der Waals surface area contributed by atoms with Crippen LogP contribution in [0.4, 0.5) is 17.1 Å². The van der Waals surface area contributed by atoms with Crippen LogP contribution in [0.15, 0.2) is 18.2 Å². The monoisotopic (exact) mass is 290 g/mol. The second-order valence-corrected chi connectivity index (χ2v) is 5.49. The molecule has 0 radical (unpaired) electrons. The van der Waals surface area contributed by atoms with Crippen LogP contribution in [0, 0.1) is 0 Å². The smallest absolute Gasteiger partial charge is 0.224 e. The maximum absolute atomic E-state index is 11.6. The van der Waals surface area contributed by atoms with E-state index in [1.165, 1.54) is 0 Å². The van der Waals surface area contributed by atoms with Gasteiger partial charge in [0.2, 0.25) is 5.91 Å². The van der Waals surface area contributed by atoms with E-state index in [1.54, 1.807) is 0 Å². The Morgan fingerprint density at radius 1 is 1.24 bits per heavy atom. The topological polar surface area (TPSA) is 61.6 Å². The van der Waals surface area contributed by atoms with Crippen molar-refractivity contribution in [3.8, 4) is 0 Å². The van der Waals surface area contributed by atoms with Gasteiger partial charge >= 0.3 is 0 Å². The molecule has 3 N–H and O–H groups in total. The first-order valence-electron chi connectivity index (χ1n) is 7.80. The Bertz CT molecular complexity index is 481. The number of hydrogen-bond donors (Lipinski definition) is 2. The van der Waals surface area contributed by atoms with Crippen LogP contribution in [0.2, 0.25) is 0 Å². The van der Waals surface area contributed by atoms with Crippen LogP contribution < -0.4 is 16.0 Å². The molecule has 0 saturated carbocycles. The molecule has 0 unspecified atom stereocenters. The summed E-state index contributed by atoms with van der Waals surface area (Å²) in [6.45, 7) is 9.44. The molecule has 1 amide bonds. The molecule has 0 spiro atoms. The minimum atomic E-state index is 0.0428. The van der Waals surface area contributed by atoms with Crippen LogP contribution in [0.1, 0.15) is 26.7 Å². The van der Waals surface area contributed by atoms with Crippen LogP contribution in [0.5, 0.6) is 0 Å². The molecule has 1 aliphatic heterocycles. The summed E-state index contributed by atoms with van der Waals surface area (Å²) in [5, 5.41) is 2.88. The van der Waals surface area contributed by atoms with Gasteiger partial charge in [0.25, 0.3) is 0 Å². The van der Waals surface area contributed by atoms with Gasteiger partial charge in [-0.05, 0) is 31.2 Å². The van der Waals surface area contributed by atoms with Gasteiger partial charge in [0.15, 0.2) is 0 Å². The van der Waals surface area contributed by atoms with Crippen molar-refractivity contribution in [1.29, 1.82) is 0 Å². The molecule has 2 rings (SSSR count). The number of likely N-dealkylation sites (N-methyl/N-ethyl adjacent to an activating group) is 1. The predicted molar refractivity (Wildman–Crippen MR) is 88.7 cm³/mol. The first-order chi connectivity index (χ1) is 10.1. The molecule has 0 aliphatic carbocycles. The van der Waals surface area contributed by atoms with Gasteiger partial charge in [-0.3, -0.25) is 4.79 Å². The van der Waals surface area contributed by atoms with Crippen molar-refractivity contribution in [1.82, 2.24) is 4.90 Å². The van der Waals surface area contributed by atoms with Crippen molar-refractivity contribution >= 4 is 23.0 Å². The predicted octanol–water partition coefficient (Wildman–Crippen LogP) is 2.15. The van der Waals surface area contributed by atoms with Crippen molar-refractivity contribution in [2.24, 2.45) is 0 Å². The van der Waals surface area contributed by atoms with E-state index >= 15 is 0 Å². The van der Waals surface area contributed by atoms with Gasteiger partial charge in [-0.1, -0.05) is 13.8 Å². The van der Waals surface area contributed by atoms with Crippen LogP contribution >= 0.6 is 0 Å². The van der Waals surface area contributed by atoms with E-state index in [-0.39, 0.29) is 5.91 Å². The van der Waals surface area contributed by atoms with E-state index in [0.717, 1.165) is 56.2 Å². The first-order valence-corrected chi connectivity index (χ1v) is 7.80. The SMILES string of the molecule is CCCC(=O)Nc1ccc(N2CCN(CC)CC2)c(N)c1. The summed E-state index contributed by atoms with van der Waals surface area (Å²) in [4.78, 5) is 16.4. The fourth-order valence-corrected chi connectivity index (χ4v) is 2.68. The summed E-state index contributed by atoms with van der Waals surface area (Å²) >= 11 is 0. The lowest BCUT2D eigenvalue weighted by molar-refractivity contribution is -0.116. The summed E-state index contributed by atoms with van der Waals surface area (Å²) < 4.78 is 0. The Balaban J connectivity index is 2.01. The molecule has 116 valence electrons. The molecular weight excluding hydrogens is 264 g/mol. The molecule has 1 heterocycles. The number of carbonyl (C=O) groups is 1. The fraction of sp³-hybridized carbons (Fsp3) is 0.562. The van der Waals surface area contributed by atoms with E-state index in [0.29, 0.717) is 6.42 Å². The number of nitrogens with one attached hydrogen (secondary N) is 1. The van der Waals surface area contributed by atoms with E-state index in [2.05, 4.69) is 22.0 Å². The molecule has 1 aromatic rings. The van der Waals surface area contributed by atoms with Gasteiger partial charge < -0.3 is 20.9 Å². The summed E-state index contributed by atoms with van der Waals surface area (Å²) in [7, 11) is 0. The largest absolute Gasteiger partial charge is 0.397 e. The molecule has 1 saturated heterocycles. The van der Waals surface area contributed by atoms with Crippen molar-refractivity contribution in [2.45, 2.75) is 26.7 Å². The molecule has 0 bridgehead atoms. The van der Waals surface area contributed by atoms with E-state index in [9.17, 15) is 4.79 Å². The van der Waals surface area contributed by atoms with Crippen LogP contribution in [-0.4, -0.2) is 43.5 Å². The molecule has 5 heteroatoms. The highest BCUT2D eigenvalue weighted by Gasteiger charge is 2.17. The average Bonchev–Trinajstić information content (AvgIpc) is 2.48. The molecule has 1 aromatic carbocycles. The number of piperazine rings is 1. The summed E-state index contributed by atoms with van der Waals surface area (Å²) in [5.74, 6) is 0.0428. The first kappa shape index (κ1) is 15.6. The Morgan fingerprint density at radius 2 is 1.95 bits per heavy atom. The van der Waals surface area contributed by atoms with Gasteiger partial charge in [0, 0.05) is 38.3 Å². The zero-order chi connectivity index (χ0) is 15.2. The Morgan fingerprint density at radius 3 is 2.52 bits per heavy atom. The van der Waals surface area contributed by atoms with Crippen LogP contribution in [0.25, 0.3) is 0 Å². The second kappa shape index (κ2) is 7.31. The lowest BCUT2D eigenvalue weighted by Crippen LogP contribution is -2.46. The summed E-state index contributed by atoms with van der Waals surface area (Å²) in [5.41, 5.74) is 8.74. The average molecular weight is 290 g/mol. The number of carbonyl (C=O) groups excluding carboxylic acids is 1. The molecule has 1 fully saturated rings. The highest BCUT2D eigenvalue weighted by atomic mass is 16.1. The third kappa shape index (κ3) is 4.11. The van der Waals surface area contributed by atoms with Crippen LogP contribution in [0.3, 0.4) is 0 Å². The molecule has 0 atom stereocenters. The van der Waals surface area contributed by atoms with Crippen molar-refractivity contribution < 1.29 is 4.79 Å². The minimum Gasteiger partial charge on any atom is -0.397 e. The van der Waals surface area contributed by atoms with E-state index in [1.807, 2.05) is 25.1 Å². The van der Waals surface area contributed by atoms with E-state index in [4.69, 9.17) is 5.73 Å². The second-order valence-electron chi connectivity index (χ2n) is 5.49. The maximum Gasteiger partial charge on any atom is 0.224 e. The lowest BCUT2D eigenvalue weighted by Gasteiger charge is -2.36. The van der Waals surface area contributed by atoms with Crippen LogP contribution in [-0.2, 0) is 4.79 Å². The maximum atomic E-state index is 11.6. The third-order valence-electron chi connectivity index (χ3n) is 3.95. The molecule has 21 heavy (non-hydrogen) atoms. The molecule has 5 nitrogen and oxygen atoms in total. The van der Waals surface area contributed by atoms with Gasteiger partial charge in [0.05, 0.1) is 11.4 Å². The van der Waals surface area contributed by atoms with E-state index < -0.39 is 0 Å². The Labute approximate surface area is 127 Å². The molecule has 1 aliphatic rings. The standard InChI is InChI=1S/C16H26N4O/c1-3-5-16(21)18-13-6-7-15(14(17)12-13)20-10-8-19(4-2)9-11-20/h6-7,12H,3-5,8-11,17H2,1-2H3,(H,18,21). The number of amides is 1. The zero-order valence-electron chi connectivity index (χ0n) is 13.1. The van der Waals surface area contributed by atoms with Gasteiger partial charge in [-0.2, -0.15) is 0 Å². The molecular formula is C16H26N4O. The number of anilines is 3. The summed E-state index contributed by atoms with van der Waals surface area (Å²) in [6, 6.07) is 5.80.